The fourth-order valence-electron chi connectivity index (χ4n) is 2.40. The molecule has 2 rings (SSSR count). The topological polar surface area (TPSA) is 51.6 Å². The molecule has 0 aliphatic carbocycles. The predicted molar refractivity (Wildman–Crippen MR) is 77.4 cm³/mol. The number of nitrogens with zero attached hydrogens (tertiary/aromatic N) is 1. The average molecular weight is 382 g/mol. The Morgan fingerprint density at radius 1 is 1.56 bits per heavy atom. The monoisotopic (exact) mass is 380 g/mol. The Hall–Kier alpha value is 0.120. The molecule has 0 aromatic carbocycles. The number of hydrogen-bond donors (Lipinski definition) is 1. The van der Waals surface area contributed by atoms with Crippen molar-refractivity contribution in [3.05, 3.63) is 21.0 Å². The number of piperidine rings is 1. The van der Waals surface area contributed by atoms with Gasteiger partial charge < -0.3 is 14.9 Å². The number of methoxy groups -OCH3 is 1. The first-order chi connectivity index (χ1) is 8.63. The minimum Gasteiger partial charge on any atom is -0.452 e. The zero-order valence-electron chi connectivity index (χ0n) is 10.4. The van der Waals surface area contributed by atoms with Crippen LogP contribution in [0.25, 0.3) is 0 Å². The van der Waals surface area contributed by atoms with E-state index in [0.29, 0.717) is 18.7 Å². The molecule has 1 aliphatic heterocycles. The molecule has 18 heavy (non-hydrogen) atoms. The van der Waals surface area contributed by atoms with Crippen molar-refractivity contribution in [3.63, 3.8) is 0 Å². The van der Waals surface area contributed by atoms with Crippen molar-refractivity contribution in [1.29, 1.82) is 0 Å². The SMILES string of the molecule is COC1CCN(Cc2cc(Br)c(Br)o2)C(CN)C1. The van der Waals surface area contributed by atoms with E-state index in [0.717, 1.165) is 40.8 Å². The van der Waals surface area contributed by atoms with Gasteiger partial charge in [-0.05, 0) is 50.8 Å². The number of likely N-dealkylation sites (tertiary alicyclic amines) is 1. The van der Waals surface area contributed by atoms with Gasteiger partial charge in [-0.15, -0.1) is 0 Å². The summed E-state index contributed by atoms with van der Waals surface area (Å²) in [6.45, 7) is 2.45. The van der Waals surface area contributed by atoms with Crippen molar-refractivity contribution in [3.8, 4) is 0 Å². The molecule has 102 valence electrons. The lowest BCUT2D eigenvalue weighted by Crippen LogP contribution is -2.47. The van der Waals surface area contributed by atoms with Crippen molar-refractivity contribution in [2.24, 2.45) is 5.73 Å². The van der Waals surface area contributed by atoms with E-state index in [1.165, 1.54) is 0 Å². The fourth-order valence-corrected chi connectivity index (χ4v) is 3.06. The molecule has 4 nitrogen and oxygen atoms in total. The highest BCUT2D eigenvalue weighted by molar-refractivity contribution is 9.13. The molecule has 2 unspecified atom stereocenters. The highest BCUT2D eigenvalue weighted by Gasteiger charge is 2.28. The third-order valence-corrected chi connectivity index (χ3v) is 5.16. The zero-order chi connectivity index (χ0) is 13.1. The molecule has 0 amide bonds. The fraction of sp³-hybridized carbons (Fsp3) is 0.667. The zero-order valence-corrected chi connectivity index (χ0v) is 13.5. The molecule has 1 aromatic rings. The van der Waals surface area contributed by atoms with Crippen LogP contribution in [0.2, 0.25) is 0 Å². The maximum absolute atomic E-state index is 5.85. The first-order valence-corrected chi connectivity index (χ1v) is 7.63. The minimum absolute atomic E-state index is 0.338. The molecule has 1 aliphatic rings. The van der Waals surface area contributed by atoms with Gasteiger partial charge in [0.05, 0.1) is 17.1 Å². The van der Waals surface area contributed by atoms with Crippen LogP contribution in [0.3, 0.4) is 0 Å². The third-order valence-electron chi connectivity index (χ3n) is 3.45. The van der Waals surface area contributed by atoms with Gasteiger partial charge in [-0.3, -0.25) is 4.90 Å². The van der Waals surface area contributed by atoms with Crippen molar-refractivity contribution in [1.82, 2.24) is 4.90 Å². The molecule has 2 heterocycles. The van der Waals surface area contributed by atoms with Crippen LogP contribution in [-0.2, 0) is 11.3 Å². The summed E-state index contributed by atoms with van der Waals surface area (Å²) < 4.78 is 12.7. The normalized spacial score (nSPS) is 25.6. The highest BCUT2D eigenvalue weighted by Crippen LogP contribution is 2.29. The summed E-state index contributed by atoms with van der Waals surface area (Å²) in [5.74, 6) is 0.947. The van der Waals surface area contributed by atoms with Crippen LogP contribution in [0.15, 0.2) is 19.6 Å². The highest BCUT2D eigenvalue weighted by atomic mass is 79.9. The molecule has 1 fully saturated rings. The summed E-state index contributed by atoms with van der Waals surface area (Å²) in [6.07, 6.45) is 2.39. The molecule has 1 aromatic heterocycles. The van der Waals surface area contributed by atoms with Gasteiger partial charge in [0.1, 0.15) is 5.76 Å². The van der Waals surface area contributed by atoms with Crippen LogP contribution in [0.5, 0.6) is 0 Å². The van der Waals surface area contributed by atoms with E-state index in [9.17, 15) is 0 Å². The van der Waals surface area contributed by atoms with Gasteiger partial charge in [0.15, 0.2) is 4.67 Å². The first-order valence-electron chi connectivity index (χ1n) is 6.04. The Labute approximate surface area is 124 Å². The number of halogens is 2. The Morgan fingerprint density at radius 2 is 2.33 bits per heavy atom. The molecular formula is C12H18Br2N2O2. The van der Waals surface area contributed by atoms with Gasteiger partial charge in [0.25, 0.3) is 0 Å². The Bertz CT molecular complexity index is 378. The molecule has 0 saturated carbocycles. The molecule has 1 saturated heterocycles. The molecule has 0 radical (unpaired) electrons. The number of nitrogens with two attached hydrogens (primary N) is 1. The number of hydrogen-bond acceptors (Lipinski definition) is 4. The van der Waals surface area contributed by atoms with Crippen LogP contribution in [0.1, 0.15) is 18.6 Å². The van der Waals surface area contributed by atoms with E-state index >= 15 is 0 Å². The second-order valence-electron chi connectivity index (χ2n) is 4.58. The lowest BCUT2D eigenvalue weighted by atomic mass is 9.99. The molecular weight excluding hydrogens is 364 g/mol. The van der Waals surface area contributed by atoms with Crippen LogP contribution in [0, 0.1) is 0 Å². The summed E-state index contributed by atoms with van der Waals surface area (Å²) in [4.78, 5) is 2.37. The van der Waals surface area contributed by atoms with E-state index in [1.807, 2.05) is 6.07 Å². The summed E-state index contributed by atoms with van der Waals surface area (Å²) >= 11 is 6.79. The summed E-state index contributed by atoms with van der Waals surface area (Å²) in [5, 5.41) is 0. The maximum atomic E-state index is 5.85. The molecule has 0 spiro atoms. The molecule has 6 heteroatoms. The van der Waals surface area contributed by atoms with Crippen LogP contribution in [0.4, 0.5) is 0 Å². The second kappa shape index (κ2) is 6.52. The van der Waals surface area contributed by atoms with Crippen molar-refractivity contribution >= 4 is 31.9 Å². The maximum Gasteiger partial charge on any atom is 0.183 e. The third kappa shape index (κ3) is 3.36. The first kappa shape index (κ1) is 14.5. The Kier molecular flexibility index (Phi) is 5.26. The quantitative estimate of drug-likeness (QED) is 0.871. The molecule has 2 atom stereocenters. The number of rotatable bonds is 4. The summed E-state index contributed by atoms with van der Waals surface area (Å²) in [5.41, 5.74) is 5.85. The van der Waals surface area contributed by atoms with Gasteiger partial charge in [0, 0.05) is 26.2 Å². The van der Waals surface area contributed by atoms with Gasteiger partial charge in [-0.1, -0.05) is 0 Å². The average Bonchev–Trinajstić information content (AvgIpc) is 2.69. The van der Waals surface area contributed by atoms with Crippen molar-refractivity contribution in [2.45, 2.75) is 31.5 Å². The van der Waals surface area contributed by atoms with Crippen molar-refractivity contribution in [2.75, 3.05) is 20.2 Å². The smallest absolute Gasteiger partial charge is 0.183 e. The molecule has 2 N–H and O–H groups in total. The van der Waals surface area contributed by atoms with Gasteiger partial charge in [-0.2, -0.15) is 0 Å². The van der Waals surface area contributed by atoms with E-state index in [2.05, 4.69) is 36.8 Å². The Balaban J connectivity index is 1.99. The standard InChI is InChI=1S/C12H18Br2N2O2/c1-17-9-2-3-16(8(4-9)6-15)7-10-5-11(13)12(14)18-10/h5,8-9H,2-4,6-7,15H2,1H3. The van der Waals surface area contributed by atoms with Crippen molar-refractivity contribution < 1.29 is 9.15 Å². The van der Waals surface area contributed by atoms with Gasteiger partial charge in [0.2, 0.25) is 0 Å². The molecule has 0 bridgehead atoms. The lowest BCUT2D eigenvalue weighted by Gasteiger charge is -2.37. The van der Waals surface area contributed by atoms with Crippen LogP contribution >= 0.6 is 31.9 Å². The number of furan rings is 1. The van der Waals surface area contributed by atoms with E-state index in [4.69, 9.17) is 14.9 Å². The summed E-state index contributed by atoms with van der Waals surface area (Å²) in [6, 6.07) is 2.37. The van der Waals surface area contributed by atoms with Gasteiger partial charge in [-0.25, -0.2) is 0 Å². The second-order valence-corrected chi connectivity index (χ2v) is 6.15. The van der Waals surface area contributed by atoms with Gasteiger partial charge >= 0.3 is 0 Å². The summed E-state index contributed by atoms with van der Waals surface area (Å²) in [7, 11) is 1.77. The largest absolute Gasteiger partial charge is 0.452 e. The van der Waals surface area contributed by atoms with E-state index < -0.39 is 0 Å². The number of ether oxygens (including phenoxy) is 1. The minimum atomic E-state index is 0.338. The van der Waals surface area contributed by atoms with Crippen LogP contribution in [-0.4, -0.2) is 37.2 Å². The lowest BCUT2D eigenvalue weighted by molar-refractivity contribution is 0.00789. The Morgan fingerprint density at radius 3 is 2.89 bits per heavy atom. The van der Waals surface area contributed by atoms with E-state index in [-0.39, 0.29) is 0 Å². The van der Waals surface area contributed by atoms with Crippen LogP contribution < -0.4 is 5.73 Å². The predicted octanol–water partition coefficient (Wildman–Crippen LogP) is 2.74. The van der Waals surface area contributed by atoms with E-state index in [1.54, 1.807) is 7.11 Å².